The zero-order chi connectivity index (χ0) is 16.1. The van der Waals surface area contributed by atoms with E-state index in [2.05, 4.69) is 26.1 Å². The molecule has 3 N–H and O–H groups in total. The van der Waals surface area contributed by atoms with E-state index in [1.54, 1.807) is 0 Å². The van der Waals surface area contributed by atoms with Crippen molar-refractivity contribution in [2.75, 3.05) is 11.1 Å². The number of para-hydroxylation sites is 1. The van der Waals surface area contributed by atoms with Gasteiger partial charge in [0.05, 0.1) is 5.75 Å². The van der Waals surface area contributed by atoms with Gasteiger partial charge in [-0.15, -0.1) is 10.2 Å². The fourth-order valence-electron chi connectivity index (χ4n) is 1.70. The number of thioether (sulfide) groups is 1. The van der Waals surface area contributed by atoms with Crippen molar-refractivity contribution in [2.24, 2.45) is 0 Å². The maximum atomic E-state index is 11.7. The maximum Gasteiger partial charge on any atom is 0.321 e. The molecule has 1 aromatic carbocycles. The molecule has 23 heavy (non-hydrogen) atoms. The van der Waals surface area contributed by atoms with Crippen LogP contribution in [0.4, 0.5) is 15.6 Å². The molecule has 0 unspecified atom stereocenters. The van der Waals surface area contributed by atoms with Crippen LogP contribution < -0.4 is 16.0 Å². The highest BCUT2D eigenvalue weighted by Crippen LogP contribution is 2.27. The Morgan fingerprint density at radius 2 is 2.00 bits per heavy atom. The minimum Gasteiger partial charge on any atom is -0.335 e. The highest BCUT2D eigenvalue weighted by atomic mass is 32.2. The number of nitrogens with zero attached hydrogens (tertiary/aromatic N) is 2. The summed E-state index contributed by atoms with van der Waals surface area (Å²) in [5.41, 5.74) is 0.926. The van der Waals surface area contributed by atoms with E-state index < -0.39 is 6.03 Å². The Balaban J connectivity index is 1.43. The van der Waals surface area contributed by atoms with Gasteiger partial charge < -0.3 is 10.6 Å². The minimum absolute atomic E-state index is 0.123. The summed E-state index contributed by atoms with van der Waals surface area (Å²) in [6.45, 7) is 0. The van der Waals surface area contributed by atoms with E-state index in [9.17, 15) is 9.59 Å². The molecule has 3 amide bonds. The van der Waals surface area contributed by atoms with Crippen molar-refractivity contribution < 1.29 is 9.59 Å². The Hall–Kier alpha value is -2.13. The van der Waals surface area contributed by atoms with Gasteiger partial charge in [0.15, 0.2) is 4.34 Å². The smallest absolute Gasteiger partial charge is 0.321 e. The lowest BCUT2D eigenvalue weighted by Crippen LogP contribution is -2.41. The Morgan fingerprint density at radius 3 is 2.74 bits per heavy atom. The number of benzene rings is 1. The van der Waals surface area contributed by atoms with Crippen LogP contribution in [0.5, 0.6) is 0 Å². The van der Waals surface area contributed by atoms with Crippen LogP contribution >= 0.6 is 23.1 Å². The third-order valence-corrected chi connectivity index (χ3v) is 4.90. The molecule has 1 aliphatic carbocycles. The molecule has 7 nitrogen and oxygen atoms in total. The van der Waals surface area contributed by atoms with Gasteiger partial charge in [0.1, 0.15) is 0 Å². The minimum atomic E-state index is -0.429. The molecule has 0 bridgehead atoms. The van der Waals surface area contributed by atoms with E-state index in [1.807, 2.05) is 30.3 Å². The molecule has 0 atom stereocenters. The number of carbonyl (C=O) groups excluding carboxylic acids is 2. The van der Waals surface area contributed by atoms with Crippen molar-refractivity contribution in [2.45, 2.75) is 23.2 Å². The van der Waals surface area contributed by atoms with Gasteiger partial charge in [0.25, 0.3) is 0 Å². The van der Waals surface area contributed by atoms with E-state index in [-0.39, 0.29) is 17.7 Å². The number of carbonyl (C=O) groups is 2. The van der Waals surface area contributed by atoms with Gasteiger partial charge in [-0.2, -0.15) is 0 Å². The number of amides is 3. The van der Waals surface area contributed by atoms with Gasteiger partial charge in [-0.05, 0) is 25.0 Å². The summed E-state index contributed by atoms with van der Waals surface area (Å²) in [5.74, 6) is -0.223. The molecule has 1 saturated carbocycles. The Kier molecular flexibility index (Phi) is 5.09. The summed E-state index contributed by atoms with van der Waals surface area (Å²) in [6, 6.07) is 9.45. The molecule has 0 radical (unpaired) electrons. The lowest BCUT2D eigenvalue weighted by atomic mass is 10.3. The molecule has 1 aromatic heterocycles. The number of rotatable bonds is 6. The first kappa shape index (κ1) is 15.8. The van der Waals surface area contributed by atoms with Crippen LogP contribution in [0.1, 0.15) is 12.8 Å². The van der Waals surface area contributed by atoms with Gasteiger partial charge in [-0.3, -0.25) is 10.1 Å². The van der Waals surface area contributed by atoms with Gasteiger partial charge in [-0.1, -0.05) is 41.3 Å². The SMILES string of the molecule is O=C(CSc1nnc(Nc2ccccc2)s1)NC(=O)NC1CC1. The third kappa shape index (κ3) is 5.22. The Bertz CT molecular complexity index is 687. The van der Waals surface area contributed by atoms with Crippen LogP contribution in [0, 0.1) is 0 Å². The van der Waals surface area contributed by atoms with E-state index >= 15 is 0 Å². The maximum absolute atomic E-state index is 11.7. The topological polar surface area (TPSA) is 96.0 Å². The van der Waals surface area contributed by atoms with Gasteiger partial charge >= 0.3 is 6.03 Å². The molecule has 2 aromatic rings. The first-order valence-electron chi connectivity index (χ1n) is 7.08. The van der Waals surface area contributed by atoms with Crippen molar-refractivity contribution in [1.29, 1.82) is 0 Å². The van der Waals surface area contributed by atoms with Crippen LogP contribution in [0.3, 0.4) is 0 Å². The summed E-state index contributed by atoms with van der Waals surface area (Å²) in [4.78, 5) is 23.1. The molecular formula is C14H15N5O2S2. The van der Waals surface area contributed by atoms with Gasteiger partial charge in [0.2, 0.25) is 11.0 Å². The standard InChI is InChI=1S/C14H15N5O2S2/c20-11(17-12(21)15-10-6-7-10)8-22-14-19-18-13(23-14)16-9-4-2-1-3-5-9/h1-5,10H,6-8H2,(H,16,18)(H2,15,17,20,21). The predicted molar refractivity (Wildman–Crippen MR) is 90.1 cm³/mol. The second kappa shape index (κ2) is 7.42. The fourth-order valence-corrected chi connectivity index (χ4v) is 3.27. The molecule has 1 aliphatic rings. The van der Waals surface area contributed by atoms with Crippen LogP contribution in [0.15, 0.2) is 34.7 Å². The van der Waals surface area contributed by atoms with Crippen molar-refractivity contribution >= 4 is 45.9 Å². The lowest BCUT2D eigenvalue weighted by Gasteiger charge is -2.03. The molecule has 0 aliphatic heterocycles. The number of anilines is 2. The van der Waals surface area contributed by atoms with Crippen molar-refractivity contribution in [1.82, 2.24) is 20.8 Å². The molecular weight excluding hydrogens is 334 g/mol. The molecule has 1 fully saturated rings. The normalized spacial score (nSPS) is 13.4. The van der Waals surface area contributed by atoms with Crippen molar-refractivity contribution in [3.8, 4) is 0 Å². The Morgan fingerprint density at radius 1 is 1.22 bits per heavy atom. The van der Waals surface area contributed by atoms with Crippen LogP contribution in [0.2, 0.25) is 0 Å². The monoisotopic (exact) mass is 349 g/mol. The lowest BCUT2D eigenvalue weighted by molar-refractivity contribution is -0.117. The zero-order valence-electron chi connectivity index (χ0n) is 12.1. The molecule has 9 heteroatoms. The first-order chi connectivity index (χ1) is 11.2. The van der Waals surface area contributed by atoms with Crippen molar-refractivity contribution in [3.05, 3.63) is 30.3 Å². The average Bonchev–Trinajstić information content (AvgIpc) is 3.23. The molecule has 0 spiro atoms. The summed E-state index contributed by atoms with van der Waals surface area (Å²) in [5, 5.41) is 16.8. The summed E-state index contributed by atoms with van der Waals surface area (Å²) < 4.78 is 0.668. The molecule has 1 heterocycles. The molecule has 0 saturated heterocycles. The van der Waals surface area contributed by atoms with Crippen LogP contribution in [0.25, 0.3) is 0 Å². The highest BCUT2D eigenvalue weighted by Gasteiger charge is 2.23. The van der Waals surface area contributed by atoms with Gasteiger partial charge in [-0.25, -0.2) is 4.79 Å². The largest absolute Gasteiger partial charge is 0.335 e. The number of aromatic nitrogens is 2. The summed E-state index contributed by atoms with van der Waals surface area (Å²) >= 11 is 2.61. The van der Waals surface area contributed by atoms with E-state index in [1.165, 1.54) is 23.1 Å². The zero-order valence-corrected chi connectivity index (χ0v) is 13.7. The number of hydrogen-bond acceptors (Lipinski definition) is 7. The molecule has 3 rings (SSSR count). The quantitative estimate of drug-likeness (QED) is 0.693. The second-order valence-corrected chi connectivity index (χ2v) is 7.15. The second-order valence-electron chi connectivity index (χ2n) is 4.95. The van der Waals surface area contributed by atoms with Crippen molar-refractivity contribution in [3.63, 3.8) is 0 Å². The molecule has 120 valence electrons. The number of urea groups is 1. The van der Waals surface area contributed by atoms with E-state index in [0.717, 1.165) is 18.5 Å². The van der Waals surface area contributed by atoms with E-state index in [0.29, 0.717) is 9.47 Å². The summed E-state index contributed by atoms with van der Waals surface area (Å²) in [7, 11) is 0. The van der Waals surface area contributed by atoms with Crippen LogP contribution in [-0.4, -0.2) is 33.9 Å². The number of imide groups is 1. The third-order valence-electron chi connectivity index (χ3n) is 2.92. The highest BCUT2D eigenvalue weighted by molar-refractivity contribution is 8.01. The predicted octanol–water partition coefficient (Wildman–Crippen LogP) is 2.36. The first-order valence-corrected chi connectivity index (χ1v) is 8.88. The number of nitrogens with one attached hydrogen (secondary N) is 3. The average molecular weight is 349 g/mol. The summed E-state index contributed by atoms with van der Waals surface area (Å²) in [6.07, 6.45) is 1.97. The van der Waals surface area contributed by atoms with Crippen LogP contribution in [-0.2, 0) is 4.79 Å². The van der Waals surface area contributed by atoms with E-state index in [4.69, 9.17) is 0 Å². The fraction of sp³-hybridized carbons (Fsp3) is 0.286. The number of hydrogen-bond donors (Lipinski definition) is 3. The van der Waals surface area contributed by atoms with Gasteiger partial charge in [0, 0.05) is 11.7 Å². The Labute approximate surface area is 141 Å².